The van der Waals surface area contributed by atoms with Crippen LogP contribution < -0.4 is 9.47 Å². The lowest BCUT2D eigenvalue weighted by atomic mass is 10.2. The third kappa shape index (κ3) is 0.375. The maximum Gasteiger partial charge on any atom is 0.162 e. The molecule has 50 valence electrons. The van der Waals surface area contributed by atoms with Crippen molar-refractivity contribution in [1.29, 1.82) is 0 Å². The summed E-state index contributed by atoms with van der Waals surface area (Å²) in [7, 11) is 0. The number of hydrogen-bond donors (Lipinski definition) is 0. The molecule has 3 rings (SSSR count). The van der Waals surface area contributed by atoms with Gasteiger partial charge in [-0.1, -0.05) is 6.07 Å². The van der Waals surface area contributed by atoms with Gasteiger partial charge in [-0.15, -0.1) is 0 Å². The highest BCUT2D eigenvalue weighted by Crippen LogP contribution is 2.43. The van der Waals surface area contributed by atoms with Crippen molar-refractivity contribution in [1.82, 2.24) is 0 Å². The molecule has 2 heterocycles. The lowest BCUT2D eigenvalue weighted by molar-refractivity contribution is 0.107. The zero-order valence-electron chi connectivity index (χ0n) is 5.33. The Bertz CT molecular complexity index is 293. The van der Waals surface area contributed by atoms with Crippen molar-refractivity contribution >= 4 is 0 Å². The summed E-state index contributed by atoms with van der Waals surface area (Å²) in [6.07, 6.45) is 0.178. The zero-order chi connectivity index (χ0) is 6.55. The smallest absolute Gasteiger partial charge is 0.162 e. The highest BCUT2D eigenvalue weighted by atomic mass is 16.6. The Labute approximate surface area is 58.4 Å². The molecule has 1 atom stereocenters. The highest BCUT2D eigenvalue weighted by Gasteiger charge is 2.29. The van der Waals surface area contributed by atoms with Gasteiger partial charge in [0, 0.05) is 0 Å². The van der Waals surface area contributed by atoms with Crippen molar-refractivity contribution < 1.29 is 9.47 Å². The molecule has 0 fully saturated rings. The molecule has 0 aliphatic carbocycles. The predicted molar refractivity (Wildman–Crippen MR) is 35.3 cm³/mol. The Kier molecular flexibility index (Phi) is 0.592. The summed E-state index contributed by atoms with van der Waals surface area (Å²) in [6, 6.07) is 6.08. The second-order valence-electron chi connectivity index (χ2n) is 2.62. The zero-order valence-corrected chi connectivity index (χ0v) is 5.33. The van der Waals surface area contributed by atoms with Crippen LogP contribution in [0.5, 0.6) is 11.5 Å². The maximum absolute atomic E-state index is 5.48. The van der Waals surface area contributed by atoms with Gasteiger partial charge in [0.05, 0.1) is 0 Å². The topological polar surface area (TPSA) is 18.5 Å². The van der Waals surface area contributed by atoms with Gasteiger partial charge >= 0.3 is 0 Å². The van der Waals surface area contributed by atoms with Crippen LogP contribution in [-0.2, 0) is 0 Å². The third-order valence-electron chi connectivity index (χ3n) is 2.00. The van der Waals surface area contributed by atoms with E-state index in [-0.39, 0.29) is 6.10 Å². The van der Waals surface area contributed by atoms with Crippen molar-refractivity contribution in [3.63, 3.8) is 0 Å². The van der Waals surface area contributed by atoms with Gasteiger partial charge in [0.2, 0.25) is 0 Å². The van der Waals surface area contributed by atoms with E-state index in [1.54, 1.807) is 0 Å². The third-order valence-corrected chi connectivity index (χ3v) is 2.00. The number of hydrogen-bond acceptors (Lipinski definition) is 2. The standard InChI is InChI=1S/C8H6O2/c1-2-6-7-3-5(1)8(10-7)4-9-6/h1-3,8H,4H2. The molecule has 2 aliphatic rings. The molecule has 2 heteroatoms. The van der Waals surface area contributed by atoms with Crippen molar-refractivity contribution in [2.24, 2.45) is 0 Å². The monoisotopic (exact) mass is 134 g/mol. The lowest BCUT2D eigenvalue weighted by Gasteiger charge is -2.17. The van der Waals surface area contributed by atoms with Crippen molar-refractivity contribution in [3.8, 4) is 11.5 Å². The van der Waals surface area contributed by atoms with E-state index in [0.29, 0.717) is 6.61 Å². The molecule has 10 heavy (non-hydrogen) atoms. The first-order valence-corrected chi connectivity index (χ1v) is 3.37. The van der Waals surface area contributed by atoms with E-state index in [1.807, 2.05) is 12.1 Å². The summed E-state index contributed by atoms with van der Waals surface area (Å²) >= 11 is 0. The van der Waals surface area contributed by atoms with Crippen LogP contribution in [-0.4, -0.2) is 6.61 Å². The van der Waals surface area contributed by atoms with Gasteiger partial charge in [-0.3, -0.25) is 0 Å². The van der Waals surface area contributed by atoms with Crippen LogP contribution in [0, 0.1) is 0 Å². The average molecular weight is 134 g/mol. The first-order valence-electron chi connectivity index (χ1n) is 3.37. The predicted octanol–water partition coefficient (Wildman–Crippen LogP) is 1.51. The molecule has 0 amide bonds. The highest BCUT2D eigenvalue weighted by molar-refractivity contribution is 5.49. The molecule has 0 radical (unpaired) electrons. The van der Waals surface area contributed by atoms with Crippen LogP contribution in [0.1, 0.15) is 11.7 Å². The van der Waals surface area contributed by atoms with Gasteiger partial charge in [0.15, 0.2) is 17.6 Å². The summed E-state index contributed by atoms with van der Waals surface area (Å²) in [4.78, 5) is 0. The maximum atomic E-state index is 5.48. The molecule has 3 bridgehead atoms. The molecular weight excluding hydrogens is 128 g/mol. The van der Waals surface area contributed by atoms with E-state index in [9.17, 15) is 0 Å². The second kappa shape index (κ2) is 1.29. The largest absolute Gasteiger partial charge is 0.485 e. The van der Waals surface area contributed by atoms with Crippen LogP contribution in [0.3, 0.4) is 0 Å². The number of benzene rings is 1. The molecule has 2 aliphatic heterocycles. The minimum Gasteiger partial charge on any atom is -0.485 e. The number of ether oxygens (including phenoxy) is 2. The molecule has 2 nitrogen and oxygen atoms in total. The van der Waals surface area contributed by atoms with Gasteiger partial charge in [0.1, 0.15) is 6.61 Å². The second-order valence-corrected chi connectivity index (χ2v) is 2.62. The molecule has 1 unspecified atom stereocenters. The molecule has 1 aromatic carbocycles. The van der Waals surface area contributed by atoms with Crippen LogP contribution in [0.4, 0.5) is 0 Å². The van der Waals surface area contributed by atoms with E-state index in [4.69, 9.17) is 9.47 Å². The van der Waals surface area contributed by atoms with Gasteiger partial charge in [-0.05, 0) is 17.7 Å². The summed E-state index contributed by atoms with van der Waals surface area (Å²) in [5, 5.41) is 0. The molecule has 0 saturated heterocycles. The van der Waals surface area contributed by atoms with Crippen LogP contribution in [0.2, 0.25) is 0 Å². The number of fused-ring (bicyclic) bond motifs is 3. The van der Waals surface area contributed by atoms with E-state index in [0.717, 1.165) is 11.5 Å². The Morgan fingerprint density at radius 2 is 2.30 bits per heavy atom. The van der Waals surface area contributed by atoms with Crippen molar-refractivity contribution in [2.75, 3.05) is 6.61 Å². The number of rotatable bonds is 0. The SMILES string of the molecule is c1cc2c3cc1C(CO2)O3. The molecule has 0 spiro atoms. The van der Waals surface area contributed by atoms with Crippen LogP contribution in [0.15, 0.2) is 18.2 Å². The lowest BCUT2D eigenvalue weighted by Crippen LogP contribution is -2.15. The Morgan fingerprint density at radius 1 is 1.30 bits per heavy atom. The molecular formula is C8H6O2. The van der Waals surface area contributed by atoms with E-state index >= 15 is 0 Å². The average Bonchev–Trinajstić information content (AvgIpc) is 2.19. The molecule has 0 saturated carbocycles. The van der Waals surface area contributed by atoms with E-state index < -0.39 is 0 Å². The van der Waals surface area contributed by atoms with E-state index in [1.165, 1.54) is 5.56 Å². The van der Waals surface area contributed by atoms with Crippen LogP contribution >= 0.6 is 0 Å². The van der Waals surface area contributed by atoms with Gasteiger partial charge in [-0.25, -0.2) is 0 Å². The van der Waals surface area contributed by atoms with Crippen LogP contribution in [0.25, 0.3) is 0 Å². The van der Waals surface area contributed by atoms with Gasteiger partial charge in [-0.2, -0.15) is 0 Å². The Balaban J connectivity index is 2.40. The fourth-order valence-corrected chi connectivity index (χ4v) is 1.45. The van der Waals surface area contributed by atoms with Crippen molar-refractivity contribution in [2.45, 2.75) is 6.10 Å². The summed E-state index contributed by atoms with van der Waals surface area (Å²) in [5.74, 6) is 1.80. The minimum atomic E-state index is 0.178. The fourth-order valence-electron chi connectivity index (χ4n) is 1.45. The quantitative estimate of drug-likeness (QED) is 0.535. The van der Waals surface area contributed by atoms with Crippen molar-refractivity contribution in [3.05, 3.63) is 23.8 Å². The van der Waals surface area contributed by atoms with Gasteiger partial charge < -0.3 is 9.47 Å². The molecule has 0 aromatic heterocycles. The Hall–Kier alpha value is -1.18. The first kappa shape index (κ1) is 4.61. The molecule has 0 N–H and O–H groups in total. The summed E-state index contributed by atoms with van der Waals surface area (Å²) in [6.45, 7) is 0.678. The van der Waals surface area contributed by atoms with E-state index in [2.05, 4.69) is 6.07 Å². The summed E-state index contributed by atoms with van der Waals surface area (Å²) < 4.78 is 10.9. The molecule has 1 aromatic rings. The Morgan fingerprint density at radius 3 is 3.30 bits per heavy atom. The minimum absolute atomic E-state index is 0.178. The van der Waals surface area contributed by atoms with Gasteiger partial charge in [0.25, 0.3) is 0 Å². The summed E-state index contributed by atoms with van der Waals surface area (Å²) in [5.41, 5.74) is 1.25. The first-order chi connectivity index (χ1) is 4.93. The fraction of sp³-hybridized carbons (Fsp3) is 0.250. The normalized spacial score (nSPS) is 24.2.